The number of benzene rings is 4. The lowest BCUT2D eigenvalue weighted by molar-refractivity contribution is -0.140. The van der Waals surface area contributed by atoms with Gasteiger partial charge in [0.2, 0.25) is 0 Å². The normalized spacial score (nSPS) is 14.1. The second kappa shape index (κ2) is 14.3. The number of hydrogen-bond donors (Lipinski definition) is 0. The molecule has 4 aromatic carbocycles. The zero-order chi connectivity index (χ0) is 35.5. The molecule has 11 heteroatoms. The Bertz CT molecular complexity index is 2450. The highest BCUT2D eigenvalue weighted by Crippen LogP contribution is 2.32. The lowest BCUT2D eigenvalue weighted by Gasteiger charge is -2.25. The Morgan fingerprint density at radius 1 is 0.863 bits per heavy atom. The fourth-order valence-corrected chi connectivity index (χ4v) is 6.98. The molecule has 6 aromatic rings. The Hall–Kier alpha value is -6.33. The summed E-state index contributed by atoms with van der Waals surface area (Å²) in [5.41, 5.74) is 5.17. The van der Waals surface area contributed by atoms with E-state index in [1.165, 1.54) is 23.0 Å². The minimum atomic E-state index is -0.869. The summed E-state index contributed by atoms with van der Waals surface area (Å²) in [6.45, 7) is 1.78. The number of carbonyl (C=O) groups excluding carboxylic acids is 2. The molecule has 0 amide bonds. The van der Waals surface area contributed by atoms with E-state index in [0.717, 1.165) is 16.8 Å². The maximum atomic E-state index is 14.5. The van der Waals surface area contributed by atoms with Crippen LogP contribution in [0.15, 0.2) is 136 Å². The van der Waals surface area contributed by atoms with Crippen LogP contribution in [0.1, 0.15) is 40.0 Å². The van der Waals surface area contributed by atoms with E-state index in [1.54, 1.807) is 49.1 Å². The van der Waals surface area contributed by atoms with Gasteiger partial charge in [0.05, 0.1) is 47.3 Å². The molecule has 0 spiro atoms. The largest absolute Gasteiger partial charge is 0.497 e. The van der Waals surface area contributed by atoms with Crippen molar-refractivity contribution in [2.75, 3.05) is 14.2 Å². The predicted octanol–water partition coefficient (Wildman–Crippen LogP) is 5.63. The molecule has 0 fully saturated rings. The molecule has 51 heavy (non-hydrogen) atoms. The van der Waals surface area contributed by atoms with Crippen molar-refractivity contribution in [2.45, 2.75) is 19.6 Å². The van der Waals surface area contributed by atoms with Gasteiger partial charge in [-0.1, -0.05) is 72.0 Å². The van der Waals surface area contributed by atoms with Gasteiger partial charge in [0.15, 0.2) is 4.80 Å². The first kappa shape index (κ1) is 33.2. The van der Waals surface area contributed by atoms with Gasteiger partial charge in [-0.25, -0.2) is 19.3 Å². The Morgan fingerprint density at radius 3 is 2.22 bits per heavy atom. The van der Waals surface area contributed by atoms with E-state index >= 15 is 0 Å². The number of ether oxygens (including phenoxy) is 3. The van der Waals surface area contributed by atoms with Crippen molar-refractivity contribution in [2.24, 2.45) is 4.99 Å². The van der Waals surface area contributed by atoms with Crippen molar-refractivity contribution in [1.29, 1.82) is 0 Å². The maximum Gasteiger partial charge on any atom is 0.338 e. The van der Waals surface area contributed by atoms with E-state index in [0.29, 0.717) is 43.2 Å². The van der Waals surface area contributed by atoms with Crippen LogP contribution >= 0.6 is 11.3 Å². The number of methoxy groups -OCH3 is 2. The van der Waals surface area contributed by atoms with E-state index in [1.807, 2.05) is 91.1 Å². The minimum absolute atomic E-state index is 0.0500. The number of carbonyl (C=O) groups is 2. The number of aromatic nitrogens is 3. The third-order valence-corrected chi connectivity index (χ3v) is 9.50. The van der Waals surface area contributed by atoms with Gasteiger partial charge < -0.3 is 14.2 Å². The highest BCUT2D eigenvalue weighted by atomic mass is 32.1. The molecule has 0 aliphatic carbocycles. The fraction of sp³-hybridized carbons (Fsp3) is 0.125. The van der Waals surface area contributed by atoms with Crippen molar-refractivity contribution < 1.29 is 23.8 Å². The molecule has 3 heterocycles. The zero-order valence-electron chi connectivity index (χ0n) is 28.0. The summed E-state index contributed by atoms with van der Waals surface area (Å²) in [6, 6.07) is 32.4. The second-order valence-electron chi connectivity index (χ2n) is 11.7. The Balaban J connectivity index is 1.36. The molecule has 1 atom stereocenters. The second-order valence-corrected chi connectivity index (χ2v) is 12.7. The van der Waals surface area contributed by atoms with Crippen molar-refractivity contribution in [3.8, 4) is 22.7 Å². The number of thiazole rings is 1. The number of para-hydroxylation sites is 1. The molecule has 10 nitrogen and oxygen atoms in total. The van der Waals surface area contributed by atoms with Gasteiger partial charge >= 0.3 is 11.9 Å². The van der Waals surface area contributed by atoms with Crippen LogP contribution in [0.5, 0.6) is 5.75 Å². The van der Waals surface area contributed by atoms with Gasteiger partial charge in [0, 0.05) is 17.3 Å². The van der Waals surface area contributed by atoms with Crippen LogP contribution in [0.3, 0.4) is 0 Å². The van der Waals surface area contributed by atoms with Gasteiger partial charge in [-0.2, -0.15) is 5.10 Å². The SMILES string of the molecule is COC(=O)c1ccc(C2C(C(=O)OCc3ccccc3)=C(C)N=c3sc(=Cc4cn(-c5ccccc5)nc4-c4ccc(OC)cc4)c(=O)n32)cc1. The van der Waals surface area contributed by atoms with E-state index in [9.17, 15) is 14.4 Å². The first-order valence-electron chi connectivity index (χ1n) is 16.1. The van der Waals surface area contributed by atoms with Crippen LogP contribution in [-0.2, 0) is 20.9 Å². The van der Waals surface area contributed by atoms with Crippen LogP contribution in [-0.4, -0.2) is 40.5 Å². The highest BCUT2D eigenvalue weighted by Gasteiger charge is 2.33. The monoisotopic (exact) mass is 696 g/mol. The van der Waals surface area contributed by atoms with Crippen LogP contribution in [0.4, 0.5) is 0 Å². The summed E-state index contributed by atoms with van der Waals surface area (Å²) in [5.74, 6) is -0.380. The number of fused-ring (bicyclic) bond motifs is 1. The molecular formula is C40H32N4O6S. The summed E-state index contributed by atoms with van der Waals surface area (Å²) in [4.78, 5) is 45.7. The molecule has 0 saturated carbocycles. The molecular weight excluding hydrogens is 665 g/mol. The Labute approximate surface area is 296 Å². The van der Waals surface area contributed by atoms with Gasteiger partial charge in [-0.3, -0.25) is 9.36 Å². The number of allylic oxidation sites excluding steroid dienone is 1. The minimum Gasteiger partial charge on any atom is -0.497 e. The molecule has 0 saturated heterocycles. The topological polar surface area (TPSA) is 114 Å². The third kappa shape index (κ3) is 6.66. The van der Waals surface area contributed by atoms with Crippen LogP contribution in [0, 0.1) is 0 Å². The van der Waals surface area contributed by atoms with Gasteiger partial charge in [0.1, 0.15) is 18.1 Å². The summed E-state index contributed by atoms with van der Waals surface area (Å²) >= 11 is 1.22. The van der Waals surface area contributed by atoms with Crippen molar-refractivity contribution in [3.63, 3.8) is 0 Å². The number of nitrogens with zero attached hydrogens (tertiary/aromatic N) is 4. The molecule has 1 aliphatic rings. The molecule has 2 aromatic heterocycles. The molecule has 254 valence electrons. The average molecular weight is 697 g/mol. The van der Waals surface area contributed by atoms with Crippen molar-refractivity contribution in [3.05, 3.63) is 169 Å². The number of hydrogen-bond acceptors (Lipinski definition) is 9. The smallest absolute Gasteiger partial charge is 0.338 e. The van der Waals surface area contributed by atoms with Gasteiger partial charge in [0.25, 0.3) is 5.56 Å². The van der Waals surface area contributed by atoms with Crippen molar-refractivity contribution >= 4 is 29.4 Å². The quantitative estimate of drug-likeness (QED) is 0.180. The lowest BCUT2D eigenvalue weighted by Crippen LogP contribution is -2.39. The zero-order valence-corrected chi connectivity index (χ0v) is 28.8. The van der Waals surface area contributed by atoms with E-state index in [4.69, 9.17) is 24.3 Å². The van der Waals surface area contributed by atoms with Crippen LogP contribution in [0.25, 0.3) is 23.0 Å². The molecule has 0 N–H and O–H groups in total. The Kier molecular flexibility index (Phi) is 9.28. The molecule has 0 radical (unpaired) electrons. The van der Waals surface area contributed by atoms with Gasteiger partial charge in [-0.05, 0) is 72.7 Å². The molecule has 0 bridgehead atoms. The number of rotatable bonds is 9. The predicted molar refractivity (Wildman–Crippen MR) is 193 cm³/mol. The maximum absolute atomic E-state index is 14.5. The molecule has 7 rings (SSSR count). The Morgan fingerprint density at radius 2 is 1.55 bits per heavy atom. The van der Waals surface area contributed by atoms with Crippen molar-refractivity contribution in [1.82, 2.24) is 14.3 Å². The summed E-state index contributed by atoms with van der Waals surface area (Å²) in [5, 5.41) is 4.91. The average Bonchev–Trinajstić information content (AvgIpc) is 3.73. The molecule has 1 unspecified atom stereocenters. The molecule has 1 aliphatic heterocycles. The van der Waals surface area contributed by atoms with E-state index < -0.39 is 18.0 Å². The van der Waals surface area contributed by atoms with Gasteiger partial charge in [-0.15, -0.1) is 0 Å². The van der Waals surface area contributed by atoms with E-state index in [-0.39, 0.29) is 17.7 Å². The summed E-state index contributed by atoms with van der Waals surface area (Å²) in [7, 11) is 2.92. The standard InChI is InChI=1S/C40H32N4O6S/c1-25-34(39(47)50-24-26-10-6-4-7-11-26)36(28-14-16-29(17-15-28)38(46)49-3)44-37(45)33(51-40(44)41-25)22-30-23-43(31-12-8-5-9-13-31)42-35(30)27-18-20-32(48-2)21-19-27/h4-23,36H,24H2,1-3H3. The highest BCUT2D eigenvalue weighted by molar-refractivity contribution is 7.07. The van der Waals surface area contributed by atoms with Crippen LogP contribution < -0.4 is 19.6 Å². The first-order valence-corrected chi connectivity index (χ1v) is 16.9. The third-order valence-electron chi connectivity index (χ3n) is 8.52. The summed E-state index contributed by atoms with van der Waals surface area (Å²) in [6.07, 6.45) is 3.69. The van der Waals surface area contributed by atoms with E-state index in [2.05, 4.69) is 0 Å². The first-order chi connectivity index (χ1) is 24.8. The fourth-order valence-electron chi connectivity index (χ4n) is 5.94. The number of esters is 2. The summed E-state index contributed by atoms with van der Waals surface area (Å²) < 4.78 is 19.7. The van der Waals surface area contributed by atoms with Crippen LogP contribution in [0.2, 0.25) is 0 Å². The lowest BCUT2D eigenvalue weighted by atomic mass is 9.95.